The van der Waals surface area contributed by atoms with Crippen molar-refractivity contribution in [1.29, 1.82) is 0 Å². The van der Waals surface area contributed by atoms with E-state index >= 15 is 0 Å². The molecule has 0 aliphatic heterocycles. The highest BCUT2D eigenvalue weighted by Gasteiger charge is 2.04. The van der Waals surface area contributed by atoms with E-state index < -0.39 is 0 Å². The van der Waals surface area contributed by atoms with Crippen LogP contribution in [0.4, 0.5) is 10.1 Å². The molecule has 2 rings (SSSR count). The molecule has 0 heterocycles. The Balaban J connectivity index is 1.79. The first-order valence-electron chi connectivity index (χ1n) is 6.43. The third-order valence-corrected chi connectivity index (χ3v) is 3.75. The molecule has 110 valence electrons. The summed E-state index contributed by atoms with van der Waals surface area (Å²) in [6.07, 6.45) is 0. The predicted molar refractivity (Wildman–Crippen MR) is 84.2 cm³/mol. The number of methoxy groups -OCH3 is 1. The Morgan fingerprint density at radius 1 is 1.24 bits per heavy atom. The van der Waals surface area contributed by atoms with Gasteiger partial charge in [0.25, 0.3) is 0 Å². The van der Waals surface area contributed by atoms with Crippen molar-refractivity contribution < 1.29 is 13.9 Å². The Bertz CT molecular complexity index is 619. The number of amides is 1. The minimum atomic E-state index is -0.256. The maximum Gasteiger partial charge on any atom is 0.234 e. The average Bonchev–Trinajstić information content (AvgIpc) is 2.47. The van der Waals surface area contributed by atoms with E-state index in [1.165, 1.54) is 23.9 Å². The molecule has 5 heteroatoms. The van der Waals surface area contributed by atoms with Crippen molar-refractivity contribution in [3.8, 4) is 5.75 Å². The molecule has 21 heavy (non-hydrogen) atoms. The van der Waals surface area contributed by atoms with E-state index in [-0.39, 0.29) is 11.7 Å². The molecule has 0 atom stereocenters. The molecule has 0 fully saturated rings. The third-order valence-electron chi connectivity index (χ3n) is 2.74. The van der Waals surface area contributed by atoms with Gasteiger partial charge in [-0.25, -0.2) is 4.39 Å². The lowest BCUT2D eigenvalue weighted by molar-refractivity contribution is -0.113. The average molecular weight is 305 g/mol. The normalized spacial score (nSPS) is 10.2. The van der Waals surface area contributed by atoms with E-state index in [2.05, 4.69) is 5.32 Å². The van der Waals surface area contributed by atoms with Crippen LogP contribution in [0.3, 0.4) is 0 Å². The molecule has 2 aromatic carbocycles. The number of thioether (sulfide) groups is 1. The highest BCUT2D eigenvalue weighted by Crippen LogP contribution is 2.18. The second kappa shape index (κ2) is 7.69. The summed E-state index contributed by atoms with van der Waals surface area (Å²) in [7, 11) is 1.58. The lowest BCUT2D eigenvalue weighted by atomic mass is 10.2. The molecule has 0 aromatic heterocycles. The predicted octanol–water partition coefficient (Wildman–Crippen LogP) is 3.71. The number of carbonyl (C=O) groups is 1. The molecule has 0 saturated heterocycles. The van der Waals surface area contributed by atoms with Crippen molar-refractivity contribution in [2.75, 3.05) is 18.2 Å². The first-order chi connectivity index (χ1) is 10.2. The zero-order valence-electron chi connectivity index (χ0n) is 11.6. The minimum absolute atomic E-state index is 0.0929. The van der Waals surface area contributed by atoms with Gasteiger partial charge in [0.05, 0.1) is 12.9 Å². The molecule has 3 nitrogen and oxygen atoms in total. The van der Waals surface area contributed by atoms with Gasteiger partial charge in [0, 0.05) is 17.5 Å². The second-order valence-corrected chi connectivity index (χ2v) is 5.39. The van der Waals surface area contributed by atoms with Crippen molar-refractivity contribution >= 4 is 23.4 Å². The van der Waals surface area contributed by atoms with E-state index in [9.17, 15) is 9.18 Å². The van der Waals surface area contributed by atoms with Gasteiger partial charge in [-0.2, -0.15) is 0 Å². The Kier molecular flexibility index (Phi) is 5.63. The maximum absolute atomic E-state index is 13.0. The van der Waals surface area contributed by atoms with Crippen molar-refractivity contribution in [2.24, 2.45) is 0 Å². The summed E-state index contributed by atoms with van der Waals surface area (Å²) >= 11 is 1.44. The van der Waals surface area contributed by atoms with Gasteiger partial charge in [-0.05, 0) is 29.8 Å². The summed E-state index contributed by atoms with van der Waals surface area (Å²) in [5.41, 5.74) is 1.57. The van der Waals surface area contributed by atoms with Crippen LogP contribution in [0.2, 0.25) is 0 Å². The first kappa shape index (κ1) is 15.4. The van der Waals surface area contributed by atoms with Crippen LogP contribution in [0, 0.1) is 5.82 Å². The molecular formula is C16H16FNO2S. The number of rotatable bonds is 6. The molecule has 0 aliphatic carbocycles. The van der Waals surface area contributed by atoms with Crippen LogP contribution in [0.1, 0.15) is 5.56 Å². The van der Waals surface area contributed by atoms with Gasteiger partial charge in [-0.15, -0.1) is 11.8 Å². The summed E-state index contributed by atoms with van der Waals surface area (Å²) in [5.74, 6) is 1.26. The molecule has 0 bridgehead atoms. The number of benzene rings is 2. The smallest absolute Gasteiger partial charge is 0.234 e. The number of ether oxygens (including phenoxy) is 1. The van der Waals surface area contributed by atoms with Crippen molar-refractivity contribution in [3.05, 3.63) is 59.9 Å². The summed E-state index contributed by atoms with van der Waals surface area (Å²) < 4.78 is 18.1. The summed E-state index contributed by atoms with van der Waals surface area (Å²) in [4.78, 5) is 11.8. The number of hydrogen-bond donors (Lipinski definition) is 1. The van der Waals surface area contributed by atoms with Crippen LogP contribution >= 0.6 is 11.8 Å². The lowest BCUT2D eigenvalue weighted by Gasteiger charge is -2.07. The minimum Gasteiger partial charge on any atom is -0.497 e. The highest BCUT2D eigenvalue weighted by atomic mass is 32.2. The van der Waals surface area contributed by atoms with E-state index in [0.717, 1.165) is 5.56 Å². The molecule has 0 unspecified atom stereocenters. The summed E-state index contributed by atoms with van der Waals surface area (Å²) in [6.45, 7) is 0. The molecule has 0 aliphatic rings. The maximum atomic E-state index is 13.0. The SMILES string of the molecule is COc1cccc(NC(=O)CSCc2cccc(F)c2)c1. The quantitative estimate of drug-likeness (QED) is 0.884. The molecular weight excluding hydrogens is 289 g/mol. The topological polar surface area (TPSA) is 38.3 Å². The first-order valence-corrected chi connectivity index (χ1v) is 7.59. The van der Waals surface area contributed by atoms with Gasteiger partial charge in [-0.1, -0.05) is 18.2 Å². The van der Waals surface area contributed by atoms with Crippen LogP contribution in [-0.4, -0.2) is 18.8 Å². The standard InChI is InChI=1S/C16H16FNO2S/c1-20-15-7-3-6-14(9-15)18-16(19)11-21-10-12-4-2-5-13(17)8-12/h2-9H,10-11H2,1H3,(H,18,19). The van der Waals surface area contributed by atoms with Crippen molar-refractivity contribution in [3.63, 3.8) is 0 Å². The van der Waals surface area contributed by atoms with E-state index in [1.54, 1.807) is 25.3 Å². The van der Waals surface area contributed by atoms with Crippen LogP contribution < -0.4 is 10.1 Å². The zero-order valence-corrected chi connectivity index (χ0v) is 12.5. The largest absolute Gasteiger partial charge is 0.497 e. The van der Waals surface area contributed by atoms with E-state index in [1.807, 2.05) is 18.2 Å². The van der Waals surface area contributed by atoms with E-state index in [0.29, 0.717) is 22.9 Å². The fourth-order valence-corrected chi connectivity index (χ4v) is 2.56. The van der Waals surface area contributed by atoms with Crippen LogP contribution in [0.25, 0.3) is 0 Å². The fraction of sp³-hybridized carbons (Fsp3) is 0.188. The zero-order chi connectivity index (χ0) is 15.1. The molecule has 1 N–H and O–H groups in total. The Labute approximate surface area is 127 Å². The number of carbonyl (C=O) groups excluding carboxylic acids is 1. The Morgan fingerprint density at radius 2 is 2.05 bits per heavy atom. The second-order valence-electron chi connectivity index (χ2n) is 4.40. The monoisotopic (exact) mass is 305 g/mol. The Morgan fingerprint density at radius 3 is 2.81 bits per heavy atom. The number of nitrogens with one attached hydrogen (secondary N) is 1. The van der Waals surface area contributed by atoms with Crippen LogP contribution in [-0.2, 0) is 10.5 Å². The lowest BCUT2D eigenvalue weighted by Crippen LogP contribution is -2.14. The van der Waals surface area contributed by atoms with E-state index in [4.69, 9.17) is 4.74 Å². The number of halogens is 1. The van der Waals surface area contributed by atoms with Gasteiger partial charge >= 0.3 is 0 Å². The van der Waals surface area contributed by atoms with Crippen molar-refractivity contribution in [1.82, 2.24) is 0 Å². The van der Waals surface area contributed by atoms with Gasteiger partial charge in [0.15, 0.2) is 0 Å². The molecule has 2 aromatic rings. The van der Waals surface area contributed by atoms with Gasteiger partial charge < -0.3 is 10.1 Å². The van der Waals surface area contributed by atoms with Crippen LogP contribution in [0.5, 0.6) is 5.75 Å². The highest BCUT2D eigenvalue weighted by molar-refractivity contribution is 7.99. The molecule has 0 radical (unpaired) electrons. The van der Waals surface area contributed by atoms with Gasteiger partial charge in [0.2, 0.25) is 5.91 Å². The number of anilines is 1. The van der Waals surface area contributed by atoms with Crippen molar-refractivity contribution in [2.45, 2.75) is 5.75 Å². The Hall–Kier alpha value is -2.01. The summed E-state index contributed by atoms with van der Waals surface area (Å²) in [6, 6.07) is 13.6. The molecule has 0 spiro atoms. The fourth-order valence-electron chi connectivity index (χ4n) is 1.79. The molecule has 0 saturated carbocycles. The third kappa shape index (κ3) is 5.11. The number of hydrogen-bond acceptors (Lipinski definition) is 3. The van der Waals surface area contributed by atoms with Gasteiger partial charge in [0.1, 0.15) is 11.6 Å². The van der Waals surface area contributed by atoms with Crippen LogP contribution in [0.15, 0.2) is 48.5 Å². The van der Waals surface area contributed by atoms with Gasteiger partial charge in [-0.3, -0.25) is 4.79 Å². The summed E-state index contributed by atoms with van der Waals surface area (Å²) in [5, 5.41) is 2.80. The molecule has 1 amide bonds.